The van der Waals surface area contributed by atoms with Crippen molar-refractivity contribution in [3.05, 3.63) is 82.9 Å². The smallest absolute Gasteiger partial charge is 0.255 e. The molecule has 0 saturated carbocycles. The first-order valence-corrected chi connectivity index (χ1v) is 11.6. The van der Waals surface area contributed by atoms with Gasteiger partial charge in [0.15, 0.2) is 9.84 Å². The molecule has 8 heteroatoms. The number of amides is 1. The second-order valence-electron chi connectivity index (χ2n) is 6.91. The van der Waals surface area contributed by atoms with Crippen molar-refractivity contribution in [3.8, 4) is 11.5 Å². The quantitative estimate of drug-likeness (QED) is 0.476. The summed E-state index contributed by atoms with van der Waals surface area (Å²) < 4.78 is 30.0. The van der Waals surface area contributed by atoms with E-state index in [-0.39, 0.29) is 28.0 Å². The van der Waals surface area contributed by atoms with E-state index in [4.69, 9.17) is 16.3 Å². The maximum Gasteiger partial charge on any atom is 0.255 e. The first kappa shape index (κ1) is 22.7. The van der Waals surface area contributed by atoms with Crippen LogP contribution in [0.25, 0.3) is 0 Å². The predicted octanol–water partition coefficient (Wildman–Crippen LogP) is 4.71. The van der Waals surface area contributed by atoms with E-state index < -0.39 is 9.84 Å². The van der Waals surface area contributed by atoms with Crippen LogP contribution in [0.1, 0.15) is 22.3 Å². The van der Waals surface area contributed by atoms with Crippen LogP contribution in [-0.4, -0.2) is 32.3 Å². The van der Waals surface area contributed by atoms with E-state index in [1.807, 2.05) is 0 Å². The van der Waals surface area contributed by atoms with E-state index in [9.17, 15) is 18.3 Å². The van der Waals surface area contributed by atoms with Crippen molar-refractivity contribution in [2.24, 2.45) is 0 Å². The van der Waals surface area contributed by atoms with Crippen molar-refractivity contribution in [2.45, 2.75) is 17.7 Å². The maximum atomic E-state index is 12.5. The summed E-state index contributed by atoms with van der Waals surface area (Å²) in [4.78, 5) is 12.7. The van der Waals surface area contributed by atoms with Crippen LogP contribution in [0, 0.1) is 0 Å². The lowest BCUT2D eigenvalue weighted by atomic mass is 10.1. The molecule has 0 aromatic heterocycles. The monoisotopic (exact) mass is 459 g/mol. The summed E-state index contributed by atoms with van der Waals surface area (Å²) in [5.74, 6) is 0.165. The molecular formula is C23H22ClNO5S. The van der Waals surface area contributed by atoms with Crippen molar-refractivity contribution < 1.29 is 23.1 Å². The molecule has 1 amide bonds. The summed E-state index contributed by atoms with van der Waals surface area (Å²) in [6.45, 7) is 0. The van der Waals surface area contributed by atoms with Crippen molar-refractivity contribution >= 4 is 33.0 Å². The van der Waals surface area contributed by atoms with Crippen LogP contribution in [0.3, 0.4) is 0 Å². The molecule has 3 rings (SSSR count). The number of anilines is 1. The molecule has 0 radical (unpaired) electrons. The molecule has 0 saturated heterocycles. The van der Waals surface area contributed by atoms with Gasteiger partial charge >= 0.3 is 0 Å². The zero-order valence-corrected chi connectivity index (χ0v) is 18.4. The van der Waals surface area contributed by atoms with Gasteiger partial charge in [-0.25, -0.2) is 8.42 Å². The second-order valence-corrected chi connectivity index (χ2v) is 9.46. The van der Waals surface area contributed by atoms with Gasteiger partial charge in [-0.1, -0.05) is 17.7 Å². The average molecular weight is 460 g/mol. The lowest BCUT2D eigenvalue weighted by molar-refractivity contribution is 0.102. The van der Waals surface area contributed by atoms with Gasteiger partial charge in [-0.05, 0) is 79.1 Å². The molecule has 2 N–H and O–H groups in total. The number of phenolic OH excluding ortho intramolecular Hbond substituents is 1. The highest BCUT2D eigenvalue weighted by atomic mass is 35.5. The summed E-state index contributed by atoms with van der Waals surface area (Å²) in [5, 5.41) is 13.3. The van der Waals surface area contributed by atoms with Crippen LogP contribution in [0.5, 0.6) is 11.5 Å². The number of halogens is 1. The molecule has 0 aliphatic carbocycles. The molecule has 0 fully saturated rings. The molecule has 3 aromatic carbocycles. The zero-order chi connectivity index (χ0) is 22.4. The minimum absolute atomic E-state index is 0.0248. The normalized spacial score (nSPS) is 11.2. The number of ether oxygens (including phenoxy) is 1. The second kappa shape index (κ2) is 9.85. The molecule has 0 spiro atoms. The van der Waals surface area contributed by atoms with Gasteiger partial charge in [0.2, 0.25) is 0 Å². The number of aryl methyl sites for hydroxylation is 1. The van der Waals surface area contributed by atoms with Crippen LogP contribution < -0.4 is 10.1 Å². The van der Waals surface area contributed by atoms with E-state index in [1.165, 1.54) is 18.2 Å². The minimum atomic E-state index is -3.41. The van der Waals surface area contributed by atoms with Gasteiger partial charge in [0.1, 0.15) is 11.5 Å². The van der Waals surface area contributed by atoms with Crippen LogP contribution >= 0.6 is 11.6 Å². The molecular weight excluding hydrogens is 438 g/mol. The van der Waals surface area contributed by atoms with E-state index in [1.54, 1.807) is 55.6 Å². The number of carbonyl (C=O) groups excluding carboxylic acids is 1. The van der Waals surface area contributed by atoms with Crippen molar-refractivity contribution in [3.63, 3.8) is 0 Å². The van der Waals surface area contributed by atoms with Crippen molar-refractivity contribution in [1.29, 1.82) is 0 Å². The summed E-state index contributed by atoms with van der Waals surface area (Å²) >= 11 is 5.81. The Hall–Kier alpha value is -3.03. The van der Waals surface area contributed by atoms with Gasteiger partial charge in [0.05, 0.1) is 23.4 Å². The number of sulfone groups is 1. The third kappa shape index (κ3) is 5.99. The van der Waals surface area contributed by atoms with Crippen molar-refractivity contribution in [1.82, 2.24) is 0 Å². The molecule has 0 atom stereocenters. The molecule has 0 aliphatic heterocycles. The summed E-state index contributed by atoms with van der Waals surface area (Å²) in [6.07, 6.45) is 0.861. The molecule has 162 valence electrons. The fourth-order valence-corrected chi connectivity index (χ4v) is 4.44. The van der Waals surface area contributed by atoms with Crippen molar-refractivity contribution in [2.75, 3.05) is 18.2 Å². The third-order valence-corrected chi connectivity index (χ3v) is 6.78. The lowest BCUT2D eigenvalue weighted by Gasteiger charge is -2.10. The first-order valence-electron chi connectivity index (χ1n) is 9.54. The van der Waals surface area contributed by atoms with Crippen LogP contribution in [0.2, 0.25) is 5.02 Å². The molecule has 31 heavy (non-hydrogen) atoms. The molecule has 0 unspecified atom stereocenters. The Morgan fingerprint density at radius 1 is 1.03 bits per heavy atom. The number of carbonyl (C=O) groups is 1. The fraction of sp³-hybridized carbons (Fsp3) is 0.174. The third-order valence-electron chi connectivity index (χ3n) is 4.71. The van der Waals surface area contributed by atoms with E-state index in [0.29, 0.717) is 29.2 Å². The number of hydrogen-bond acceptors (Lipinski definition) is 5. The van der Waals surface area contributed by atoms with Crippen LogP contribution in [0.15, 0.2) is 71.6 Å². The van der Waals surface area contributed by atoms with E-state index in [0.717, 1.165) is 5.56 Å². The summed E-state index contributed by atoms with van der Waals surface area (Å²) in [7, 11) is -1.87. The standard InChI is InChI=1S/C23H22ClNO5S/c1-30-19-9-5-17(6-10-19)23(27)25-21-15-16(4-13-22(21)26)3-2-14-31(28,29)20-11-7-18(24)8-12-20/h4-13,15,26H,2-3,14H2,1H3,(H,25,27). The highest BCUT2D eigenvalue weighted by Crippen LogP contribution is 2.26. The fourth-order valence-electron chi connectivity index (χ4n) is 3.00. The number of hydrogen-bond donors (Lipinski definition) is 2. The number of methoxy groups -OCH3 is 1. The Balaban J connectivity index is 1.63. The Morgan fingerprint density at radius 3 is 2.35 bits per heavy atom. The van der Waals surface area contributed by atoms with Crippen LogP contribution in [0.4, 0.5) is 5.69 Å². The molecule has 0 heterocycles. The van der Waals surface area contributed by atoms with E-state index >= 15 is 0 Å². The largest absolute Gasteiger partial charge is 0.506 e. The Bertz CT molecular complexity index is 1160. The van der Waals surface area contributed by atoms with Gasteiger partial charge < -0.3 is 15.2 Å². The number of aromatic hydroxyl groups is 1. The highest BCUT2D eigenvalue weighted by molar-refractivity contribution is 7.91. The maximum absolute atomic E-state index is 12.5. The number of rotatable bonds is 8. The number of benzene rings is 3. The van der Waals surface area contributed by atoms with Gasteiger partial charge in [0, 0.05) is 10.6 Å². The number of phenols is 1. The predicted molar refractivity (Wildman–Crippen MR) is 121 cm³/mol. The SMILES string of the molecule is COc1ccc(C(=O)Nc2cc(CCCS(=O)(=O)c3ccc(Cl)cc3)ccc2O)cc1. The molecule has 6 nitrogen and oxygen atoms in total. The molecule has 0 aliphatic rings. The Morgan fingerprint density at radius 2 is 1.71 bits per heavy atom. The van der Waals surface area contributed by atoms with Gasteiger partial charge in [0.25, 0.3) is 5.91 Å². The molecule has 3 aromatic rings. The van der Waals surface area contributed by atoms with E-state index in [2.05, 4.69) is 5.32 Å². The Labute approximate surface area is 186 Å². The Kier molecular flexibility index (Phi) is 7.20. The first-order chi connectivity index (χ1) is 14.8. The lowest BCUT2D eigenvalue weighted by Crippen LogP contribution is -2.12. The van der Waals surface area contributed by atoms with Gasteiger partial charge in [-0.3, -0.25) is 4.79 Å². The number of nitrogens with one attached hydrogen (secondary N) is 1. The minimum Gasteiger partial charge on any atom is -0.506 e. The van der Waals surface area contributed by atoms with Gasteiger partial charge in [-0.2, -0.15) is 0 Å². The zero-order valence-electron chi connectivity index (χ0n) is 16.8. The van der Waals surface area contributed by atoms with Gasteiger partial charge in [-0.15, -0.1) is 0 Å². The van der Waals surface area contributed by atoms with Crippen LogP contribution in [-0.2, 0) is 16.3 Å². The molecule has 0 bridgehead atoms. The average Bonchev–Trinajstić information content (AvgIpc) is 2.76. The topological polar surface area (TPSA) is 92.7 Å². The summed E-state index contributed by atoms with van der Waals surface area (Å²) in [6, 6.07) is 17.5. The summed E-state index contributed by atoms with van der Waals surface area (Å²) in [5.41, 5.74) is 1.48. The highest BCUT2D eigenvalue weighted by Gasteiger charge is 2.15.